The molecular formula is C16H26N2O2. The van der Waals surface area contributed by atoms with Gasteiger partial charge in [-0.2, -0.15) is 5.26 Å². The predicted molar refractivity (Wildman–Crippen MR) is 76.9 cm³/mol. The van der Waals surface area contributed by atoms with Crippen LogP contribution in [-0.2, 0) is 9.53 Å². The van der Waals surface area contributed by atoms with E-state index in [0.29, 0.717) is 12.5 Å². The molecule has 0 saturated heterocycles. The van der Waals surface area contributed by atoms with Gasteiger partial charge in [-0.3, -0.25) is 4.79 Å². The SMILES string of the molecule is CC(C#N)(COCC1CCCC1)NC(=O)C1CCCC1. The lowest BCUT2D eigenvalue weighted by atomic mass is 10.0. The molecule has 0 spiro atoms. The zero-order chi connectivity index (χ0) is 14.4. The summed E-state index contributed by atoms with van der Waals surface area (Å²) in [5, 5.41) is 12.2. The highest BCUT2D eigenvalue weighted by molar-refractivity contribution is 5.80. The van der Waals surface area contributed by atoms with Crippen molar-refractivity contribution in [3.8, 4) is 6.07 Å². The number of hydrogen-bond donors (Lipinski definition) is 1. The van der Waals surface area contributed by atoms with Gasteiger partial charge in [0.2, 0.25) is 5.91 Å². The molecule has 0 aliphatic heterocycles. The summed E-state index contributed by atoms with van der Waals surface area (Å²) in [4.78, 5) is 12.1. The van der Waals surface area contributed by atoms with Crippen molar-refractivity contribution in [3.05, 3.63) is 0 Å². The van der Waals surface area contributed by atoms with Gasteiger partial charge in [0.25, 0.3) is 0 Å². The van der Waals surface area contributed by atoms with Crippen LogP contribution < -0.4 is 5.32 Å². The van der Waals surface area contributed by atoms with Crippen LogP contribution in [0.5, 0.6) is 0 Å². The number of rotatable bonds is 6. The lowest BCUT2D eigenvalue weighted by Crippen LogP contribution is -2.50. The van der Waals surface area contributed by atoms with Crippen LogP contribution in [-0.4, -0.2) is 24.7 Å². The van der Waals surface area contributed by atoms with Crippen LogP contribution >= 0.6 is 0 Å². The summed E-state index contributed by atoms with van der Waals surface area (Å²) in [5.41, 5.74) is -0.891. The Kier molecular flexibility index (Phi) is 5.42. The molecule has 0 bridgehead atoms. The minimum Gasteiger partial charge on any atom is -0.378 e. The standard InChI is InChI=1S/C16H26N2O2/c1-16(11-17,12-20-10-13-6-2-3-7-13)18-15(19)14-8-4-5-9-14/h13-14H,2-10,12H2,1H3,(H,18,19). The monoisotopic (exact) mass is 278 g/mol. The third-order valence-corrected chi connectivity index (χ3v) is 4.59. The van der Waals surface area contributed by atoms with Crippen molar-refractivity contribution in [1.82, 2.24) is 5.32 Å². The van der Waals surface area contributed by atoms with Gasteiger partial charge in [0.05, 0.1) is 12.7 Å². The topological polar surface area (TPSA) is 62.1 Å². The van der Waals surface area contributed by atoms with Crippen molar-refractivity contribution >= 4 is 5.91 Å². The number of nitriles is 1. The molecule has 2 saturated carbocycles. The van der Waals surface area contributed by atoms with E-state index in [2.05, 4.69) is 11.4 Å². The summed E-state index contributed by atoms with van der Waals surface area (Å²) in [6.07, 6.45) is 9.21. The molecule has 2 rings (SSSR count). The number of carbonyl (C=O) groups excluding carboxylic acids is 1. The van der Waals surface area contributed by atoms with Crippen LogP contribution in [0.25, 0.3) is 0 Å². The molecule has 20 heavy (non-hydrogen) atoms. The van der Waals surface area contributed by atoms with E-state index >= 15 is 0 Å². The lowest BCUT2D eigenvalue weighted by molar-refractivity contribution is -0.126. The van der Waals surface area contributed by atoms with Crippen molar-refractivity contribution < 1.29 is 9.53 Å². The molecule has 0 heterocycles. The van der Waals surface area contributed by atoms with Crippen LogP contribution in [0.3, 0.4) is 0 Å². The third-order valence-electron chi connectivity index (χ3n) is 4.59. The maximum atomic E-state index is 12.1. The molecule has 112 valence electrons. The number of carbonyl (C=O) groups is 1. The number of nitrogens with zero attached hydrogens (tertiary/aromatic N) is 1. The molecule has 0 aromatic rings. The van der Waals surface area contributed by atoms with E-state index in [1.807, 2.05) is 0 Å². The quantitative estimate of drug-likeness (QED) is 0.812. The van der Waals surface area contributed by atoms with Gasteiger partial charge in [0, 0.05) is 12.5 Å². The van der Waals surface area contributed by atoms with E-state index in [0.717, 1.165) is 32.3 Å². The molecule has 1 N–H and O–H groups in total. The van der Waals surface area contributed by atoms with Crippen molar-refractivity contribution in [2.45, 2.75) is 63.8 Å². The Morgan fingerprint density at radius 3 is 2.45 bits per heavy atom. The normalized spacial score (nSPS) is 23.4. The van der Waals surface area contributed by atoms with Crippen LogP contribution in [0.1, 0.15) is 58.3 Å². The molecule has 2 aliphatic carbocycles. The third kappa shape index (κ3) is 4.21. The molecule has 0 aromatic carbocycles. The highest BCUT2D eigenvalue weighted by atomic mass is 16.5. The fourth-order valence-corrected chi connectivity index (χ4v) is 3.27. The summed E-state index contributed by atoms with van der Waals surface area (Å²) in [7, 11) is 0. The Hall–Kier alpha value is -1.08. The predicted octanol–water partition coefficient (Wildman–Crippen LogP) is 2.78. The largest absolute Gasteiger partial charge is 0.378 e. The fourth-order valence-electron chi connectivity index (χ4n) is 3.27. The highest BCUT2D eigenvalue weighted by Gasteiger charge is 2.31. The number of hydrogen-bond acceptors (Lipinski definition) is 3. The lowest BCUT2D eigenvalue weighted by Gasteiger charge is -2.25. The Morgan fingerprint density at radius 1 is 1.25 bits per heavy atom. The van der Waals surface area contributed by atoms with Gasteiger partial charge in [-0.25, -0.2) is 0 Å². The minimum absolute atomic E-state index is 0.0241. The molecule has 4 nitrogen and oxygen atoms in total. The molecule has 0 radical (unpaired) electrons. The second-order valence-corrected chi connectivity index (χ2v) is 6.58. The summed E-state index contributed by atoms with van der Waals surface area (Å²) in [6, 6.07) is 2.20. The van der Waals surface area contributed by atoms with Gasteiger partial charge < -0.3 is 10.1 Å². The van der Waals surface area contributed by atoms with Gasteiger partial charge in [0.1, 0.15) is 5.54 Å². The number of nitrogens with one attached hydrogen (secondary N) is 1. The molecule has 1 unspecified atom stereocenters. The van der Waals surface area contributed by atoms with E-state index < -0.39 is 5.54 Å². The summed E-state index contributed by atoms with van der Waals surface area (Å²) in [5.74, 6) is 0.761. The fraction of sp³-hybridized carbons (Fsp3) is 0.875. The first-order valence-electron chi connectivity index (χ1n) is 7.94. The van der Waals surface area contributed by atoms with Crippen LogP contribution in [0.15, 0.2) is 0 Å². The molecular weight excluding hydrogens is 252 g/mol. The van der Waals surface area contributed by atoms with E-state index in [1.165, 1.54) is 25.7 Å². The van der Waals surface area contributed by atoms with Gasteiger partial charge in [-0.05, 0) is 38.5 Å². The van der Waals surface area contributed by atoms with Crippen molar-refractivity contribution in [2.24, 2.45) is 11.8 Å². The van der Waals surface area contributed by atoms with Crippen LogP contribution in [0.2, 0.25) is 0 Å². The average Bonchev–Trinajstić information content (AvgIpc) is 3.11. The summed E-state index contributed by atoms with van der Waals surface area (Å²) < 4.78 is 5.70. The minimum atomic E-state index is -0.891. The van der Waals surface area contributed by atoms with Gasteiger partial charge in [0.15, 0.2) is 0 Å². The van der Waals surface area contributed by atoms with Crippen LogP contribution in [0.4, 0.5) is 0 Å². The maximum Gasteiger partial charge on any atom is 0.224 e. The summed E-state index contributed by atoms with van der Waals surface area (Å²) >= 11 is 0. The van der Waals surface area contributed by atoms with Gasteiger partial charge in [-0.1, -0.05) is 25.7 Å². The zero-order valence-electron chi connectivity index (χ0n) is 12.5. The van der Waals surface area contributed by atoms with E-state index in [9.17, 15) is 10.1 Å². The van der Waals surface area contributed by atoms with Crippen molar-refractivity contribution in [1.29, 1.82) is 5.26 Å². The zero-order valence-corrected chi connectivity index (χ0v) is 12.5. The molecule has 1 atom stereocenters. The second-order valence-electron chi connectivity index (χ2n) is 6.58. The van der Waals surface area contributed by atoms with E-state index in [1.54, 1.807) is 6.92 Å². The van der Waals surface area contributed by atoms with Crippen molar-refractivity contribution in [3.63, 3.8) is 0 Å². The van der Waals surface area contributed by atoms with Gasteiger partial charge >= 0.3 is 0 Å². The number of amides is 1. The Balaban J connectivity index is 1.75. The molecule has 0 aromatic heterocycles. The van der Waals surface area contributed by atoms with Crippen molar-refractivity contribution in [2.75, 3.05) is 13.2 Å². The first kappa shape index (κ1) is 15.3. The Morgan fingerprint density at radius 2 is 1.85 bits per heavy atom. The first-order chi connectivity index (χ1) is 9.63. The molecule has 2 fully saturated rings. The highest BCUT2D eigenvalue weighted by Crippen LogP contribution is 2.26. The van der Waals surface area contributed by atoms with E-state index in [4.69, 9.17) is 4.74 Å². The second kappa shape index (κ2) is 7.08. The molecule has 2 aliphatic rings. The first-order valence-corrected chi connectivity index (χ1v) is 7.94. The van der Waals surface area contributed by atoms with E-state index in [-0.39, 0.29) is 11.8 Å². The Bertz CT molecular complexity index is 365. The average molecular weight is 278 g/mol. The number of ether oxygens (including phenoxy) is 1. The molecule has 1 amide bonds. The molecule has 4 heteroatoms. The summed E-state index contributed by atoms with van der Waals surface area (Å²) in [6.45, 7) is 2.77. The smallest absolute Gasteiger partial charge is 0.224 e. The maximum absolute atomic E-state index is 12.1. The van der Waals surface area contributed by atoms with Gasteiger partial charge in [-0.15, -0.1) is 0 Å². The Labute approximate surface area is 121 Å². The van der Waals surface area contributed by atoms with Crippen LogP contribution in [0, 0.1) is 23.2 Å².